The van der Waals surface area contributed by atoms with E-state index in [0.717, 1.165) is 23.7 Å². The molecule has 0 aliphatic rings. The first kappa shape index (κ1) is 12.7. The number of aliphatic hydroxyl groups excluding tert-OH is 1. The summed E-state index contributed by atoms with van der Waals surface area (Å²) >= 11 is 3.40. The highest BCUT2D eigenvalue weighted by Crippen LogP contribution is 2.12. The van der Waals surface area contributed by atoms with Crippen LogP contribution in [0.25, 0.3) is 0 Å². The van der Waals surface area contributed by atoms with Crippen LogP contribution in [0.15, 0.2) is 23.3 Å². The van der Waals surface area contributed by atoms with Gasteiger partial charge >= 0.3 is 0 Å². The maximum absolute atomic E-state index is 9.61. The molecule has 3 heteroatoms. The molecule has 0 aliphatic carbocycles. The van der Waals surface area contributed by atoms with E-state index in [9.17, 15) is 5.11 Å². The van der Waals surface area contributed by atoms with Crippen molar-refractivity contribution < 1.29 is 5.11 Å². The molecule has 0 amide bonds. The molecular weight excluding hydrogens is 230 g/mol. The summed E-state index contributed by atoms with van der Waals surface area (Å²) in [6.07, 6.45) is 5.81. The maximum Gasteiger partial charge on any atom is 0.126 e. The summed E-state index contributed by atoms with van der Waals surface area (Å²) in [7, 11) is 1.87. The minimum Gasteiger partial charge on any atom is -0.374 e. The number of rotatable bonds is 6. The van der Waals surface area contributed by atoms with Gasteiger partial charge in [0.1, 0.15) is 6.23 Å². The summed E-state index contributed by atoms with van der Waals surface area (Å²) in [6.45, 7) is 5.67. The molecule has 0 saturated heterocycles. The predicted molar refractivity (Wildman–Crippen MR) is 60.5 cm³/mol. The van der Waals surface area contributed by atoms with Gasteiger partial charge < -0.3 is 10.0 Å². The predicted octanol–water partition coefficient (Wildman–Crippen LogP) is 2.85. The Morgan fingerprint density at radius 1 is 1.69 bits per heavy atom. The van der Waals surface area contributed by atoms with Gasteiger partial charge in [-0.1, -0.05) is 28.9 Å². The van der Waals surface area contributed by atoms with Crippen LogP contribution in [0.4, 0.5) is 0 Å². The zero-order chi connectivity index (χ0) is 10.3. The van der Waals surface area contributed by atoms with E-state index in [4.69, 9.17) is 0 Å². The SMILES string of the molecule is C=CCCC(O)N(C)/C=C(/Br)CC. The smallest absolute Gasteiger partial charge is 0.126 e. The molecule has 0 aliphatic heterocycles. The fourth-order valence-electron chi connectivity index (χ4n) is 0.869. The second-order valence-electron chi connectivity index (χ2n) is 2.94. The molecule has 0 radical (unpaired) electrons. The van der Waals surface area contributed by atoms with Crippen LogP contribution < -0.4 is 0 Å². The molecule has 0 spiro atoms. The molecule has 0 aromatic carbocycles. The molecule has 76 valence electrons. The number of halogens is 1. The molecule has 2 nitrogen and oxygen atoms in total. The van der Waals surface area contributed by atoms with Gasteiger partial charge in [-0.15, -0.1) is 6.58 Å². The van der Waals surface area contributed by atoms with Gasteiger partial charge in [-0.3, -0.25) is 0 Å². The van der Waals surface area contributed by atoms with E-state index in [0.29, 0.717) is 0 Å². The van der Waals surface area contributed by atoms with E-state index in [2.05, 4.69) is 29.4 Å². The van der Waals surface area contributed by atoms with Crippen LogP contribution in [0.2, 0.25) is 0 Å². The molecule has 0 aromatic rings. The van der Waals surface area contributed by atoms with Crippen molar-refractivity contribution in [3.8, 4) is 0 Å². The summed E-state index contributed by atoms with van der Waals surface area (Å²) in [6, 6.07) is 0. The van der Waals surface area contributed by atoms with E-state index >= 15 is 0 Å². The molecule has 0 fully saturated rings. The number of aliphatic hydroxyl groups is 1. The Morgan fingerprint density at radius 2 is 2.31 bits per heavy atom. The first-order valence-electron chi connectivity index (χ1n) is 4.48. The van der Waals surface area contributed by atoms with Crippen molar-refractivity contribution in [2.75, 3.05) is 7.05 Å². The van der Waals surface area contributed by atoms with Gasteiger partial charge in [0, 0.05) is 17.7 Å². The number of hydrogen-bond donors (Lipinski definition) is 1. The minimum atomic E-state index is -0.419. The van der Waals surface area contributed by atoms with Gasteiger partial charge in [0.25, 0.3) is 0 Å². The maximum atomic E-state index is 9.61. The number of nitrogens with zero attached hydrogens (tertiary/aromatic N) is 1. The van der Waals surface area contributed by atoms with E-state index in [1.807, 2.05) is 19.3 Å². The summed E-state index contributed by atoms with van der Waals surface area (Å²) < 4.78 is 1.09. The summed E-state index contributed by atoms with van der Waals surface area (Å²) in [4.78, 5) is 1.80. The fourth-order valence-corrected chi connectivity index (χ4v) is 1.19. The summed E-state index contributed by atoms with van der Waals surface area (Å²) in [5.74, 6) is 0. The topological polar surface area (TPSA) is 23.5 Å². The molecule has 0 heterocycles. The van der Waals surface area contributed by atoms with Gasteiger partial charge in [0.2, 0.25) is 0 Å². The summed E-state index contributed by atoms with van der Waals surface area (Å²) in [5, 5.41) is 9.61. The van der Waals surface area contributed by atoms with Crippen molar-refractivity contribution >= 4 is 15.9 Å². The van der Waals surface area contributed by atoms with E-state index in [1.54, 1.807) is 4.90 Å². The lowest BCUT2D eigenvalue weighted by molar-refractivity contribution is 0.0481. The van der Waals surface area contributed by atoms with Crippen molar-refractivity contribution in [3.63, 3.8) is 0 Å². The highest BCUT2D eigenvalue weighted by atomic mass is 79.9. The zero-order valence-electron chi connectivity index (χ0n) is 8.33. The molecule has 1 unspecified atom stereocenters. The van der Waals surface area contributed by atoms with E-state index in [-0.39, 0.29) is 0 Å². The lowest BCUT2D eigenvalue weighted by atomic mass is 10.2. The normalized spacial score (nSPS) is 14.0. The Kier molecular flexibility index (Phi) is 7.00. The highest BCUT2D eigenvalue weighted by molar-refractivity contribution is 9.11. The van der Waals surface area contributed by atoms with Crippen molar-refractivity contribution in [1.29, 1.82) is 0 Å². The standard InChI is InChI=1S/C10H18BrNO/c1-4-6-7-10(13)12(3)8-9(11)5-2/h4,8,10,13H,1,5-7H2,2-3H3/b9-8+. The van der Waals surface area contributed by atoms with Gasteiger partial charge in [-0.2, -0.15) is 0 Å². The largest absolute Gasteiger partial charge is 0.374 e. The molecule has 0 saturated carbocycles. The molecule has 0 rings (SSSR count). The van der Waals surface area contributed by atoms with Crippen molar-refractivity contribution in [2.24, 2.45) is 0 Å². The Bertz CT molecular complexity index is 180. The van der Waals surface area contributed by atoms with Crippen LogP contribution in [0, 0.1) is 0 Å². The van der Waals surface area contributed by atoms with Crippen LogP contribution in [-0.2, 0) is 0 Å². The fraction of sp³-hybridized carbons (Fsp3) is 0.600. The van der Waals surface area contributed by atoms with Crippen molar-refractivity contribution in [1.82, 2.24) is 4.90 Å². The molecule has 0 bridgehead atoms. The third-order valence-electron chi connectivity index (χ3n) is 1.78. The van der Waals surface area contributed by atoms with Crippen LogP contribution in [0.5, 0.6) is 0 Å². The van der Waals surface area contributed by atoms with Crippen LogP contribution in [0.1, 0.15) is 26.2 Å². The monoisotopic (exact) mass is 247 g/mol. The van der Waals surface area contributed by atoms with Crippen LogP contribution in [-0.4, -0.2) is 23.3 Å². The number of allylic oxidation sites excluding steroid dienone is 2. The Labute approximate surface area is 89.1 Å². The first-order chi connectivity index (χ1) is 6.11. The first-order valence-corrected chi connectivity index (χ1v) is 5.28. The van der Waals surface area contributed by atoms with Crippen molar-refractivity contribution in [3.05, 3.63) is 23.3 Å². The Hall–Kier alpha value is -0.280. The quantitative estimate of drug-likeness (QED) is 0.577. The Morgan fingerprint density at radius 3 is 2.77 bits per heavy atom. The third kappa shape index (κ3) is 5.88. The second kappa shape index (κ2) is 7.15. The van der Waals surface area contributed by atoms with Gasteiger partial charge in [-0.25, -0.2) is 0 Å². The average Bonchev–Trinajstić information content (AvgIpc) is 2.13. The molecule has 13 heavy (non-hydrogen) atoms. The second-order valence-corrected chi connectivity index (χ2v) is 3.96. The zero-order valence-corrected chi connectivity index (χ0v) is 9.92. The lowest BCUT2D eigenvalue weighted by Gasteiger charge is -2.21. The van der Waals surface area contributed by atoms with Gasteiger partial charge in [0.15, 0.2) is 0 Å². The van der Waals surface area contributed by atoms with Crippen LogP contribution in [0.3, 0.4) is 0 Å². The van der Waals surface area contributed by atoms with E-state index in [1.165, 1.54) is 0 Å². The number of hydrogen-bond acceptors (Lipinski definition) is 2. The van der Waals surface area contributed by atoms with Gasteiger partial charge in [-0.05, 0) is 19.3 Å². The lowest BCUT2D eigenvalue weighted by Crippen LogP contribution is -2.26. The van der Waals surface area contributed by atoms with Gasteiger partial charge in [0.05, 0.1) is 0 Å². The molecular formula is C10H18BrNO. The minimum absolute atomic E-state index is 0.419. The summed E-state index contributed by atoms with van der Waals surface area (Å²) in [5.41, 5.74) is 0. The van der Waals surface area contributed by atoms with E-state index < -0.39 is 6.23 Å². The third-order valence-corrected chi connectivity index (χ3v) is 2.55. The van der Waals surface area contributed by atoms with Crippen LogP contribution >= 0.6 is 15.9 Å². The molecule has 1 atom stereocenters. The molecule has 1 N–H and O–H groups in total. The average molecular weight is 248 g/mol. The Balaban J connectivity index is 3.94. The molecule has 0 aromatic heterocycles. The highest BCUT2D eigenvalue weighted by Gasteiger charge is 2.06. The van der Waals surface area contributed by atoms with Crippen molar-refractivity contribution in [2.45, 2.75) is 32.4 Å².